The van der Waals surface area contributed by atoms with E-state index in [9.17, 15) is 9.59 Å². The summed E-state index contributed by atoms with van der Waals surface area (Å²) in [6.07, 6.45) is 0. The number of hydrogen-bond acceptors (Lipinski definition) is 4. The molecule has 5 aromatic rings. The molecule has 3 aromatic heterocycles. The molecule has 7 heteroatoms. The molecule has 0 atom stereocenters. The highest BCUT2D eigenvalue weighted by atomic mass is 32.1. The second kappa shape index (κ2) is 5.78. The fraction of sp³-hybridized carbons (Fsp3) is 0.0500. The molecule has 0 bridgehead atoms. The maximum atomic E-state index is 13.1. The molecule has 0 amide bonds. The number of rotatable bonds is 2. The Bertz CT molecular complexity index is 1400. The molecular formula is C20H14N4O2S. The molecule has 5 rings (SSSR count). The average molecular weight is 374 g/mol. The molecule has 0 spiro atoms. The molecule has 0 aliphatic rings. The van der Waals surface area contributed by atoms with E-state index in [1.54, 1.807) is 6.07 Å². The van der Waals surface area contributed by atoms with Crippen molar-refractivity contribution in [1.82, 2.24) is 19.7 Å². The van der Waals surface area contributed by atoms with Crippen LogP contribution >= 0.6 is 11.3 Å². The molecule has 0 radical (unpaired) electrons. The Morgan fingerprint density at radius 2 is 1.81 bits per heavy atom. The number of aryl methyl sites for hydroxylation is 1. The molecule has 6 nitrogen and oxygen atoms in total. The van der Waals surface area contributed by atoms with Gasteiger partial charge in [-0.2, -0.15) is 4.68 Å². The number of para-hydroxylation sites is 2. The van der Waals surface area contributed by atoms with Crippen LogP contribution in [0.1, 0.15) is 5.69 Å². The number of hydrogen-bond donors (Lipinski definition) is 2. The fourth-order valence-corrected chi connectivity index (χ4v) is 4.21. The standard InChI is InChI=1S/C20H14N4O2S/c1-11-18(15-10-16(25)12-6-2-3-7-13(12)21-15)19(26)24(23-11)20-22-14-8-4-5-9-17(14)27-20/h2-10,23H,1H3,(H,21,25). The van der Waals surface area contributed by atoms with Crippen molar-refractivity contribution in [2.24, 2.45) is 0 Å². The van der Waals surface area contributed by atoms with Gasteiger partial charge in [0.1, 0.15) is 0 Å². The second-order valence-electron chi connectivity index (χ2n) is 6.31. The van der Waals surface area contributed by atoms with Gasteiger partial charge in [0.2, 0.25) is 5.13 Å². The number of thiazole rings is 1. The maximum absolute atomic E-state index is 13.1. The van der Waals surface area contributed by atoms with Crippen LogP contribution in [-0.2, 0) is 0 Å². The summed E-state index contributed by atoms with van der Waals surface area (Å²) in [5, 5.41) is 4.25. The molecule has 0 fully saturated rings. The van der Waals surface area contributed by atoms with Gasteiger partial charge >= 0.3 is 0 Å². The van der Waals surface area contributed by atoms with Crippen molar-refractivity contribution >= 4 is 32.5 Å². The normalized spacial score (nSPS) is 11.4. The minimum Gasteiger partial charge on any atom is -0.354 e. The summed E-state index contributed by atoms with van der Waals surface area (Å²) >= 11 is 1.44. The Morgan fingerprint density at radius 3 is 2.67 bits per heavy atom. The lowest BCUT2D eigenvalue weighted by Crippen LogP contribution is -2.16. The van der Waals surface area contributed by atoms with E-state index in [4.69, 9.17) is 0 Å². The van der Waals surface area contributed by atoms with Gasteiger partial charge in [-0.05, 0) is 31.2 Å². The quantitative estimate of drug-likeness (QED) is 0.495. The van der Waals surface area contributed by atoms with Crippen molar-refractivity contribution in [3.05, 3.63) is 80.9 Å². The van der Waals surface area contributed by atoms with E-state index in [1.165, 1.54) is 22.1 Å². The zero-order chi connectivity index (χ0) is 18.5. The van der Waals surface area contributed by atoms with Gasteiger partial charge in [-0.25, -0.2) is 4.98 Å². The molecule has 27 heavy (non-hydrogen) atoms. The van der Waals surface area contributed by atoms with Gasteiger partial charge in [-0.3, -0.25) is 14.7 Å². The second-order valence-corrected chi connectivity index (χ2v) is 7.32. The minimum atomic E-state index is -0.238. The highest BCUT2D eigenvalue weighted by molar-refractivity contribution is 7.20. The Labute approximate surface area is 156 Å². The highest BCUT2D eigenvalue weighted by Gasteiger charge is 2.18. The third kappa shape index (κ3) is 2.43. The predicted octanol–water partition coefficient (Wildman–Crippen LogP) is 3.59. The lowest BCUT2D eigenvalue weighted by Gasteiger charge is -2.02. The van der Waals surface area contributed by atoms with E-state index in [0.717, 1.165) is 10.2 Å². The highest BCUT2D eigenvalue weighted by Crippen LogP contribution is 2.25. The lowest BCUT2D eigenvalue weighted by molar-refractivity contribution is 0.829. The molecule has 0 aliphatic heterocycles. The summed E-state index contributed by atoms with van der Waals surface area (Å²) in [5.41, 5.74) is 2.80. The summed E-state index contributed by atoms with van der Waals surface area (Å²) < 4.78 is 2.44. The van der Waals surface area contributed by atoms with Crippen molar-refractivity contribution in [2.45, 2.75) is 6.92 Å². The van der Waals surface area contributed by atoms with Crippen LogP contribution < -0.4 is 11.0 Å². The van der Waals surface area contributed by atoms with Gasteiger partial charge in [-0.15, -0.1) is 0 Å². The Morgan fingerprint density at radius 1 is 1.04 bits per heavy atom. The number of nitrogens with one attached hydrogen (secondary N) is 2. The molecule has 0 saturated carbocycles. The number of aromatic nitrogens is 4. The van der Waals surface area contributed by atoms with Crippen molar-refractivity contribution < 1.29 is 0 Å². The summed E-state index contributed by atoms with van der Waals surface area (Å²) in [4.78, 5) is 33.3. The van der Waals surface area contributed by atoms with Crippen LogP contribution in [-0.4, -0.2) is 19.7 Å². The van der Waals surface area contributed by atoms with E-state index in [-0.39, 0.29) is 11.0 Å². The lowest BCUT2D eigenvalue weighted by atomic mass is 10.1. The largest absolute Gasteiger partial charge is 0.354 e. The number of nitrogens with zero attached hydrogens (tertiary/aromatic N) is 2. The SMILES string of the molecule is Cc1[nH]n(-c2nc3ccccc3s2)c(=O)c1-c1cc(=O)c2ccccc2[nH]1. The van der Waals surface area contributed by atoms with E-state index < -0.39 is 0 Å². The Balaban J connectivity index is 1.73. The van der Waals surface area contributed by atoms with Crippen LogP contribution in [0.2, 0.25) is 0 Å². The van der Waals surface area contributed by atoms with Crippen LogP contribution in [0.15, 0.2) is 64.2 Å². The summed E-state index contributed by atoms with van der Waals surface area (Å²) in [6.45, 7) is 1.81. The predicted molar refractivity (Wildman–Crippen MR) is 108 cm³/mol. The zero-order valence-electron chi connectivity index (χ0n) is 14.3. The smallest absolute Gasteiger partial charge is 0.282 e. The molecule has 3 heterocycles. The van der Waals surface area contributed by atoms with Crippen LogP contribution in [0, 0.1) is 6.92 Å². The van der Waals surface area contributed by atoms with Crippen molar-refractivity contribution in [3.63, 3.8) is 0 Å². The van der Waals surface area contributed by atoms with Crippen LogP contribution in [0.5, 0.6) is 0 Å². The van der Waals surface area contributed by atoms with E-state index in [1.807, 2.05) is 49.4 Å². The first-order valence-corrected chi connectivity index (χ1v) is 9.23. The molecule has 132 valence electrons. The third-order valence-corrected chi connectivity index (χ3v) is 5.57. The average Bonchev–Trinajstić information content (AvgIpc) is 3.22. The number of fused-ring (bicyclic) bond motifs is 2. The molecule has 2 N–H and O–H groups in total. The monoisotopic (exact) mass is 374 g/mol. The van der Waals surface area contributed by atoms with Gasteiger partial charge in [0, 0.05) is 22.7 Å². The van der Waals surface area contributed by atoms with E-state index >= 15 is 0 Å². The van der Waals surface area contributed by atoms with Gasteiger partial charge in [0.05, 0.1) is 21.5 Å². The molecule has 0 unspecified atom stereocenters. The Hall–Kier alpha value is -3.45. The summed E-state index contributed by atoms with van der Waals surface area (Å²) in [6, 6.07) is 16.5. The number of pyridine rings is 1. The van der Waals surface area contributed by atoms with Crippen molar-refractivity contribution in [2.75, 3.05) is 0 Å². The van der Waals surface area contributed by atoms with Crippen LogP contribution in [0.4, 0.5) is 0 Å². The molecule has 0 aliphatic carbocycles. The minimum absolute atomic E-state index is 0.120. The number of H-pyrrole nitrogens is 2. The van der Waals surface area contributed by atoms with Crippen LogP contribution in [0.25, 0.3) is 37.5 Å². The molecule has 2 aromatic carbocycles. The number of benzene rings is 2. The van der Waals surface area contributed by atoms with Gasteiger partial charge in [0.15, 0.2) is 5.43 Å². The van der Waals surface area contributed by atoms with Gasteiger partial charge in [-0.1, -0.05) is 35.6 Å². The zero-order valence-corrected chi connectivity index (χ0v) is 15.1. The number of aromatic amines is 2. The first-order valence-electron chi connectivity index (χ1n) is 8.42. The maximum Gasteiger partial charge on any atom is 0.282 e. The van der Waals surface area contributed by atoms with Gasteiger partial charge < -0.3 is 4.98 Å². The van der Waals surface area contributed by atoms with Crippen LogP contribution in [0.3, 0.4) is 0 Å². The first kappa shape index (κ1) is 15.8. The van der Waals surface area contributed by atoms with E-state index in [2.05, 4.69) is 15.1 Å². The fourth-order valence-electron chi connectivity index (χ4n) is 3.29. The van der Waals surface area contributed by atoms with E-state index in [0.29, 0.717) is 33.0 Å². The van der Waals surface area contributed by atoms with Gasteiger partial charge in [0.25, 0.3) is 5.56 Å². The first-order chi connectivity index (χ1) is 13.1. The van der Waals surface area contributed by atoms with Crippen molar-refractivity contribution in [3.8, 4) is 16.4 Å². The van der Waals surface area contributed by atoms with Crippen molar-refractivity contribution in [1.29, 1.82) is 0 Å². The topological polar surface area (TPSA) is 83.5 Å². The Kier molecular flexibility index (Phi) is 3.38. The summed E-state index contributed by atoms with van der Waals surface area (Å²) in [5.74, 6) is 0. The summed E-state index contributed by atoms with van der Waals surface area (Å²) in [7, 11) is 0. The molecule has 0 saturated heterocycles. The molecular weight excluding hydrogens is 360 g/mol. The third-order valence-electron chi connectivity index (χ3n) is 4.55.